The third kappa shape index (κ3) is 6.31. The number of benzene rings is 2. The molecule has 0 bridgehead atoms. The molecule has 2 aromatic carbocycles. The van der Waals surface area contributed by atoms with Gasteiger partial charge in [0.1, 0.15) is 12.4 Å². The van der Waals surface area contributed by atoms with Gasteiger partial charge in [0, 0.05) is 2.74 Å². The molecule has 4 heteroatoms. The van der Waals surface area contributed by atoms with E-state index < -0.39 is 62.1 Å². The fraction of sp³-hybridized carbons (Fsp3) is 0.429. The summed E-state index contributed by atoms with van der Waals surface area (Å²) in [5.41, 5.74) is 0.0687. The Labute approximate surface area is 167 Å². The van der Waals surface area contributed by atoms with Crippen LogP contribution in [0.5, 0.6) is 17.2 Å². The van der Waals surface area contributed by atoms with Gasteiger partial charge in [0.2, 0.25) is 0 Å². The summed E-state index contributed by atoms with van der Waals surface area (Å²) < 4.78 is 109. The normalized spacial score (nSPS) is 19.8. The molecule has 0 fully saturated rings. The molecule has 1 unspecified atom stereocenters. The Balaban J connectivity index is 2.16. The number of hydrogen-bond donors (Lipinski definition) is 1. The van der Waals surface area contributed by atoms with E-state index in [2.05, 4.69) is 0 Å². The SMILES string of the molecule is [2H]c1c([2H])c(C)c([2H])c(OCC(O)C([2H])([2H])CCCc2c([2H])c([2H])c(OC)c(OC([2H])([2H])[2H])c2[2H])c1[2H]. The van der Waals surface area contributed by atoms with Crippen LogP contribution in [0.3, 0.4) is 0 Å². The third-order valence-corrected chi connectivity index (χ3v) is 3.20. The Bertz CT molecular complexity index is 1120. The van der Waals surface area contributed by atoms with Crippen LogP contribution in [0.4, 0.5) is 0 Å². The van der Waals surface area contributed by atoms with Gasteiger partial charge in [0.25, 0.3) is 0 Å². The topological polar surface area (TPSA) is 47.9 Å². The van der Waals surface area contributed by atoms with Crippen molar-refractivity contribution in [2.45, 2.75) is 38.7 Å². The monoisotopic (exact) mass is 356 g/mol. The van der Waals surface area contributed by atoms with Gasteiger partial charge in [-0.2, -0.15) is 0 Å². The highest BCUT2D eigenvalue weighted by molar-refractivity contribution is 5.42. The Morgan fingerprint density at radius 3 is 2.84 bits per heavy atom. The average Bonchev–Trinajstić information content (AvgIpc) is 2.81. The van der Waals surface area contributed by atoms with Crippen molar-refractivity contribution >= 4 is 0 Å². The lowest BCUT2D eigenvalue weighted by atomic mass is 10.0. The highest BCUT2D eigenvalue weighted by Gasteiger charge is 2.07. The van der Waals surface area contributed by atoms with Crippen molar-refractivity contribution in [2.24, 2.45) is 0 Å². The Morgan fingerprint density at radius 1 is 1.16 bits per heavy atom. The molecule has 2 aromatic rings. The maximum atomic E-state index is 10.4. The lowest BCUT2D eigenvalue weighted by molar-refractivity contribution is 0.0976. The fourth-order valence-corrected chi connectivity index (χ4v) is 2.00. The second-order valence-electron chi connectivity index (χ2n) is 5.16. The van der Waals surface area contributed by atoms with Gasteiger partial charge in [0.15, 0.2) is 11.5 Å². The van der Waals surface area contributed by atoms with E-state index >= 15 is 0 Å². The number of aliphatic hydroxyl groups excluding tert-OH is 1. The van der Waals surface area contributed by atoms with Gasteiger partial charge in [-0.25, -0.2) is 0 Å². The molecule has 4 nitrogen and oxygen atoms in total. The highest BCUT2D eigenvalue weighted by atomic mass is 16.5. The Morgan fingerprint density at radius 2 is 2.04 bits per heavy atom. The molecule has 0 amide bonds. The van der Waals surface area contributed by atoms with Crippen LogP contribution in [0, 0.1) is 6.92 Å². The van der Waals surface area contributed by atoms with Crippen molar-refractivity contribution in [1.82, 2.24) is 0 Å². The Hall–Kier alpha value is -2.20. The summed E-state index contributed by atoms with van der Waals surface area (Å²) >= 11 is 0. The first-order chi connectivity index (χ1) is 16.9. The second kappa shape index (κ2) is 9.94. The zero-order chi connectivity index (χ0) is 28.5. The zero-order valence-electron chi connectivity index (χ0n) is 26.1. The van der Waals surface area contributed by atoms with Crippen molar-refractivity contribution in [3.63, 3.8) is 0 Å². The van der Waals surface area contributed by atoms with Gasteiger partial charge in [-0.1, -0.05) is 24.5 Å². The third-order valence-electron chi connectivity index (χ3n) is 3.20. The Kier molecular flexibility index (Phi) is 3.36. The smallest absolute Gasteiger partial charge is 0.160 e. The van der Waals surface area contributed by atoms with E-state index in [1.807, 2.05) is 0 Å². The van der Waals surface area contributed by atoms with Crippen LogP contribution >= 0.6 is 0 Å². The maximum absolute atomic E-state index is 10.4. The van der Waals surface area contributed by atoms with Crippen LogP contribution in [0.2, 0.25) is 0 Å². The molecule has 136 valence electrons. The number of rotatable bonds is 10. The molecule has 0 heterocycles. The van der Waals surface area contributed by atoms with Crippen LogP contribution in [-0.2, 0) is 6.42 Å². The summed E-state index contributed by atoms with van der Waals surface area (Å²) in [6.45, 7) is 0.784. The van der Waals surface area contributed by atoms with Crippen molar-refractivity contribution in [2.75, 3.05) is 20.8 Å². The van der Waals surface area contributed by atoms with Gasteiger partial charge in [-0.05, 0) is 61.4 Å². The molecule has 0 aromatic heterocycles. The summed E-state index contributed by atoms with van der Waals surface area (Å²) in [5, 5.41) is 10.4. The minimum atomic E-state index is -2.93. The van der Waals surface area contributed by atoms with E-state index in [-0.39, 0.29) is 54.0 Å². The van der Waals surface area contributed by atoms with Crippen molar-refractivity contribution in [1.29, 1.82) is 0 Å². The highest BCUT2D eigenvalue weighted by Crippen LogP contribution is 2.28. The molecular formula is C21H28O4. The molecule has 2 rings (SSSR count). The van der Waals surface area contributed by atoms with E-state index in [0.717, 1.165) is 7.11 Å². The van der Waals surface area contributed by atoms with Crippen molar-refractivity contribution < 1.29 is 35.8 Å². The summed E-state index contributed by atoms with van der Waals surface area (Å²) in [4.78, 5) is 0. The first-order valence-corrected chi connectivity index (χ1v) is 7.68. The minimum Gasteiger partial charge on any atom is -0.493 e. The van der Waals surface area contributed by atoms with Gasteiger partial charge >= 0.3 is 0 Å². The molecular weight excluding hydrogens is 316 g/mol. The first kappa shape index (κ1) is 8.45. The predicted molar refractivity (Wildman–Crippen MR) is 99.8 cm³/mol. The van der Waals surface area contributed by atoms with E-state index in [1.165, 1.54) is 6.92 Å². The molecule has 0 radical (unpaired) electrons. The molecule has 0 spiro atoms. The zero-order valence-corrected chi connectivity index (χ0v) is 14.1. The second-order valence-corrected chi connectivity index (χ2v) is 5.16. The lowest BCUT2D eigenvalue weighted by Crippen LogP contribution is -2.17. The van der Waals surface area contributed by atoms with E-state index in [0.29, 0.717) is 0 Å². The van der Waals surface area contributed by atoms with Crippen LogP contribution in [0.1, 0.15) is 46.8 Å². The molecule has 0 aliphatic heterocycles. The minimum absolute atomic E-state index is 0.00228. The average molecular weight is 357 g/mol. The van der Waals surface area contributed by atoms with Crippen molar-refractivity contribution in [3.8, 4) is 17.2 Å². The lowest BCUT2D eigenvalue weighted by Gasteiger charge is -2.13. The van der Waals surface area contributed by atoms with Gasteiger partial charge in [-0.3, -0.25) is 0 Å². The molecule has 1 N–H and O–H groups in total. The molecule has 25 heavy (non-hydrogen) atoms. The van der Waals surface area contributed by atoms with Crippen molar-refractivity contribution in [3.05, 3.63) is 53.4 Å². The van der Waals surface area contributed by atoms with E-state index in [4.69, 9.17) is 30.7 Å². The number of methoxy groups -OCH3 is 2. The fourth-order valence-electron chi connectivity index (χ4n) is 2.00. The van der Waals surface area contributed by atoms with Gasteiger partial charge in [-0.15, -0.1) is 0 Å². The van der Waals surface area contributed by atoms with Crippen LogP contribution < -0.4 is 14.2 Å². The maximum Gasteiger partial charge on any atom is 0.160 e. The van der Waals surface area contributed by atoms with Crippen LogP contribution in [0.25, 0.3) is 0 Å². The number of ether oxygens (including phenoxy) is 3. The predicted octanol–water partition coefficient (Wildman–Crippen LogP) is 4.16. The molecule has 0 aliphatic rings. The molecule has 1 atom stereocenters. The standard InChI is InChI=1S/C21H28O4/c1-16-7-6-10-19(13-16)25-15-18(22)9-5-4-8-17-11-12-20(23-2)21(14-17)24-3/h6-7,10-14,18,22H,4-5,8-9,15H2,1-3H3/i3D3,6D,7D,9D2,10D,11D,12D,13D,14D. The summed E-state index contributed by atoms with van der Waals surface area (Å²) in [6, 6.07) is -2.90. The number of aliphatic hydroxyl groups is 1. The van der Waals surface area contributed by atoms with Crippen LogP contribution in [-0.4, -0.2) is 32.0 Å². The summed E-state index contributed by atoms with van der Waals surface area (Å²) in [5.74, 6) is -1.23. The molecule has 0 aliphatic carbocycles. The summed E-state index contributed by atoms with van der Waals surface area (Å²) in [6.07, 6.45) is -4.33. The molecule has 0 saturated heterocycles. The quantitative estimate of drug-likeness (QED) is 0.694. The van der Waals surface area contributed by atoms with Gasteiger partial charge < -0.3 is 19.3 Å². The van der Waals surface area contributed by atoms with Gasteiger partial charge in [0.05, 0.1) is 34.0 Å². The first-order valence-electron chi connectivity index (χ1n) is 13.7. The van der Waals surface area contributed by atoms with E-state index in [1.54, 1.807) is 0 Å². The number of hydrogen-bond acceptors (Lipinski definition) is 4. The van der Waals surface area contributed by atoms with E-state index in [9.17, 15) is 5.11 Å². The largest absolute Gasteiger partial charge is 0.493 e. The molecule has 0 saturated carbocycles. The van der Waals surface area contributed by atoms with Crippen LogP contribution in [0.15, 0.2) is 42.3 Å². The summed E-state index contributed by atoms with van der Waals surface area (Å²) in [7, 11) is -1.78.